The molecule has 4 rings (SSSR count). The van der Waals surface area contributed by atoms with Gasteiger partial charge in [-0.05, 0) is 69.2 Å². The van der Waals surface area contributed by atoms with Gasteiger partial charge >= 0.3 is 19.7 Å². The van der Waals surface area contributed by atoms with Crippen LogP contribution in [0.1, 0.15) is 27.7 Å². The van der Waals surface area contributed by atoms with E-state index in [9.17, 15) is 23.7 Å². The summed E-state index contributed by atoms with van der Waals surface area (Å²) in [5.41, 5.74) is -0.703. The van der Waals surface area contributed by atoms with Crippen molar-refractivity contribution in [1.29, 1.82) is 0 Å². The molecule has 2 amide bonds. The molecule has 3 N–H and O–H groups in total. The Kier molecular flexibility index (Phi) is 9.73. The Labute approximate surface area is 248 Å². The van der Waals surface area contributed by atoms with Crippen LogP contribution in [0.25, 0.3) is 11.1 Å². The van der Waals surface area contributed by atoms with Gasteiger partial charge in [0, 0.05) is 11.9 Å². The predicted octanol–water partition coefficient (Wildman–Crippen LogP) is 4.79. The Morgan fingerprint density at radius 3 is 2.37 bits per heavy atom. The van der Waals surface area contributed by atoms with Crippen molar-refractivity contribution >= 4 is 19.7 Å². The smallest absolute Gasteiger partial charge is 0.459 e. The molecular weight excluding hydrogens is 587 g/mol. The monoisotopic (exact) mass is 621 g/mol. The van der Waals surface area contributed by atoms with Crippen LogP contribution in [0, 0.1) is 5.82 Å². The summed E-state index contributed by atoms with van der Waals surface area (Å²) in [7, 11) is -4.41. The summed E-state index contributed by atoms with van der Waals surface area (Å²) < 4.78 is 65.0. The molecule has 1 saturated heterocycles. The number of esters is 1. The van der Waals surface area contributed by atoms with Crippen LogP contribution in [-0.2, 0) is 23.4 Å². The van der Waals surface area contributed by atoms with Crippen molar-refractivity contribution in [2.75, 3.05) is 6.61 Å². The summed E-state index contributed by atoms with van der Waals surface area (Å²) in [5.74, 6) is -1.02. The Balaban J connectivity index is 1.52. The number of hydrogen-bond acceptors (Lipinski definition) is 8. The molecule has 2 aliphatic rings. The summed E-state index contributed by atoms with van der Waals surface area (Å²) in [5, 5.41) is 15.7. The second-order valence-electron chi connectivity index (χ2n) is 10.6. The second-order valence-corrected chi connectivity index (χ2v) is 12.2. The average Bonchev–Trinajstić information content (AvgIpc) is 3.16. The summed E-state index contributed by atoms with van der Waals surface area (Å²) in [4.78, 5) is 25.8. The van der Waals surface area contributed by atoms with E-state index in [1.807, 2.05) is 0 Å². The van der Waals surface area contributed by atoms with Gasteiger partial charge < -0.3 is 24.4 Å². The van der Waals surface area contributed by atoms with Crippen LogP contribution in [0.5, 0.6) is 5.75 Å². The molecule has 0 aliphatic carbocycles. The topological polar surface area (TPSA) is 136 Å². The lowest BCUT2D eigenvalue weighted by molar-refractivity contribution is -0.149. The van der Waals surface area contributed by atoms with Crippen molar-refractivity contribution < 1.29 is 46.6 Å². The van der Waals surface area contributed by atoms with E-state index in [1.54, 1.807) is 38.1 Å². The Hall–Kier alpha value is -3.61. The molecule has 2 heterocycles. The fourth-order valence-corrected chi connectivity index (χ4v) is 5.89. The van der Waals surface area contributed by atoms with Crippen LogP contribution < -0.4 is 14.9 Å². The maximum atomic E-state index is 15.7. The van der Waals surface area contributed by atoms with Gasteiger partial charge in [0.15, 0.2) is 11.9 Å². The van der Waals surface area contributed by atoms with Gasteiger partial charge in [0.25, 0.3) is 0 Å². The van der Waals surface area contributed by atoms with Crippen LogP contribution in [0.4, 0.5) is 13.6 Å². The lowest BCUT2D eigenvalue weighted by Crippen LogP contribution is -2.53. The van der Waals surface area contributed by atoms with Crippen molar-refractivity contribution in [3.8, 4) is 16.9 Å². The highest BCUT2D eigenvalue weighted by Crippen LogP contribution is 2.47. The zero-order valence-corrected chi connectivity index (χ0v) is 24.9. The fraction of sp³-hybridized carbons (Fsp3) is 0.379. The van der Waals surface area contributed by atoms with Crippen molar-refractivity contribution in [3.63, 3.8) is 0 Å². The highest BCUT2D eigenvalue weighted by molar-refractivity contribution is 7.52. The number of nitrogens with zero attached hydrogens (tertiary/aromatic N) is 1. The van der Waals surface area contributed by atoms with Crippen LogP contribution in [-0.4, -0.2) is 64.9 Å². The molecule has 0 saturated carbocycles. The number of allylic oxidation sites excluding steroid dienone is 1. The van der Waals surface area contributed by atoms with Crippen molar-refractivity contribution in [2.24, 2.45) is 0 Å². The van der Waals surface area contributed by atoms with Gasteiger partial charge in [-0.1, -0.05) is 30.8 Å². The van der Waals surface area contributed by atoms with Crippen LogP contribution in [0.15, 0.2) is 73.1 Å². The molecule has 2 aromatic rings. The number of amides is 2. The number of benzene rings is 2. The predicted molar refractivity (Wildman–Crippen MR) is 153 cm³/mol. The number of carbonyl (C=O) groups is 2. The van der Waals surface area contributed by atoms with Crippen LogP contribution in [0.2, 0.25) is 0 Å². The SMILES string of the molecule is C=C1C=CN([C@@H]2O[C@H](COP(=O)(N[C@@H](C)C(=O)OC(C)C)Oc3ccc(-c4ccc(F)cc4)cc3)[C@@H](O)[C@@]2(C)F)C(=O)N1. The van der Waals surface area contributed by atoms with Gasteiger partial charge in [0.2, 0.25) is 0 Å². The largest absolute Gasteiger partial charge is 0.462 e. The zero-order chi connectivity index (χ0) is 31.5. The molecule has 2 aliphatic heterocycles. The van der Waals surface area contributed by atoms with E-state index in [0.717, 1.165) is 23.0 Å². The van der Waals surface area contributed by atoms with Crippen LogP contribution >= 0.6 is 7.75 Å². The normalized spacial score (nSPS) is 25.8. The Morgan fingerprint density at radius 2 is 1.79 bits per heavy atom. The highest BCUT2D eigenvalue weighted by atomic mass is 31.2. The van der Waals surface area contributed by atoms with Crippen molar-refractivity contribution in [1.82, 2.24) is 15.3 Å². The van der Waals surface area contributed by atoms with Gasteiger partial charge in [-0.15, -0.1) is 0 Å². The summed E-state index contributed by atoms with van der Waals surface area (Å²) >= 11 is 0. The molecule has 11 nitrogen and oxygen atoms in total. The Bertz CT molecular complexity index is 1420. The third kappa shape index (κ3) is 7.67. The number of aliphatic hydroxyl groups is 1. The fourth-order valence-electron chi connectivity index (χ4n) is 4.39. The third-order valence-electron chi connectivity index (χ3n) is 6.63. The van der Waals surface area contributed by atoms with Crippen LogP contribution in [0.3, 0.4) is 0 Å². The number of ether oxygens (including phenoxy) is 2. The molecule has 1 fully saturated rings. The van der Waals surface area contributed by atoms with E-state index < -0.39 is 62.6 Å². The first-order chi connectivity index (χ1) is 20.2. The van der Waals surface area contributed by atoms with Gasteiger partial charge in [-0.25, -0.2) is 18.1 Å². The Morgan fingerprint density at radius 1 is 1.19 bits per heavy atom. The molecule has 0 aromatic heterocycles. The number of nitrogens with one attached hydrogen (secondary N) is 2. The molecule has 0 bridgehead atoms. The van der Waals surface area contributed by atoms with Gasteiger partial charge in [-0.3, -0.25) is 14.2 Å². The second kappa shape index (κ2) is 12.9. The lowest BCUT2D eigenvalue weighted by Gasteiger charge is -2.33. The lowest BCUT2D eigenvalue weighted by atomic mass is 9.98. The molecule has 14 heteroatoms. The number of halogens is 2. The van der Waals surface area contributed by atoms with E-state index >= 15 is 4.39 Å². The molecule has 6 atom stereocenters. The zero-order valence-electron chi connectivity index (χ0n) is 24.0. The number of urea groups is 1. The van der Waals surface area contributed by atoms with E-state index in [1.165, 1.54) is 43.5 Å². The number of alkyl halides is 1. The molecule has 2 aromatic carbocycles. The van der Waals surface area contributed by atoms with E-state index in [0.29, 0.717) is 5.70 Å². The number of hydrogen-bond donors (Lipinski definition) is 3. The molecule has 0 spiro atoms. The van der Waals surface area contributed by atoms with Gasteiger partial charge in [0.05, 0.1) is 12.7 Å². The molecule has 0 radical (unpaired) electrons. The minimum absolute atomic E-state index is 0.0857. The molecule has 232 valence electrons. The number of rotatable bonds is 11. The highest BCUT2D eigenvalue weighted by Gasteiger charge is 2.57. The minimum atomic E-state index is -4.41. The quantitative estimate of drug-likeness (QED) is 0.239. The summed E-state index contributed by atoms with van der Waals surface area (Å²) in [6, 6.07) is 10.3. The first kappa shape index (κ1) is 32.3. The average molecular weight is 622 g/mol. The standard InChI is InChI=1S/C29H34F2N3O8P/c1-17(2)40-26(36)19(4)33-43(38,42-23-12-8-21(9-13-23)20-6-10-22(30)11-7-20)39-16-24-25(35)29(5,31)27(41-24)34-15-14-18(3)32-28(34)37/h6-15,17,19,24-25,27,35H,3,16H2,1-2,4-5H3,(H,32,37)(H,33,38)/t19-,24+,25+,27+,29+,43?/m0/s1. The first-order valence-electron chi connectivity index (χ1n) is 13.5. The number of aliphatic hydroxyl groups excluding tert-OH is 1. The number of carbonyl (C=O) groups excluding carboxylic acids is 2. The summed E-state index contributed by atoms with van der Waals surface area (Å²) in [6.07, 6.45) is -2.47. The van der Waals surface area contributed by atoms with Crippen molar-refractivity contribution in [3.05, 3.63) is 78.9 Å². The minimum Gasteiger partial charge on any atom is -0.462 e. The van der Waals surface area contributed by atoms with E-state index in [4.69, 9.17) is 18.5 Å². The molecule has 43 heavy (non-hydrogen) atoms. The summed E-state index contributed by atoms with van der Waals surface area (Å²) in [6.45, 7) is 8.72. The molecular formula is C29H34F2N3O8P. The van der Waals surface area contributed by atoms with Crippen molar-refractivity contribution in [2.45, 2.75) is 63.9 Å². The first-order valence-corrected chi connectivity index (χ1v) is 15.0. The molecule has 1 unspecified atom stereocenters. The van der Waals surface area contributed by atoms with Gasteiger partial charge in [0.1, 0.15) is 29.8 Å². The third-order valence-corrected chi connectivity index (χ3v) is 8.28. The van der Waals surface area contributed by atoms with E-state index in [2.05, 4.69) is 17.0 Å². The van der Waals surface area contributed by atoms with E-state index in [-0.39, 0.29) is 11.6 Å². The van der Waals surface area contributed by atoms with Gasteiger partial charge in [-0.2, -0.15) is 5.09 Å². The maximum absolute atomic E-state index is 15.7. The maximum Gasteiger partial charge on any atom is 0.459 e.